The van der Waals surface area contributed by atoms with Crippen molar-refractivity contribution in [3.63, 3.8) is 0 Å². The number of hydrogen-bond acceptors (Lipinski definition) is 8. The summed E-state index contributed by atoms with van der Waals surface area (Å²) in [5.41, 5.74) is 8.27. The summed E-state index contributed by atoms with van der Waals surface area (Å²) < 4.78 is 5.98. The van der Waals surface area contributed by atoms with Gasteiger partial charge in [-0.15, -0.1) is 0 Å². The molecule has 0 aliphatic heterocycles. The number of phenols is 3. The van der Waals surface area contributed by atoms with E-state index in [0.29, 0.717) is 82.7 Å². The molecule has 6 saturated carbocycles. The Morgan fingerprint density at radius 2 is 1.09 bits per heavy atom. The highest BCUT2D eigenvalue weighted by Gasteiger charge is 2.59. The van der Waals surface area contributed by atoms with Crippen LogP contribution < -0.4 is 0 Å². The van der Waals surface area contributed by atoms with Crippen molar-refractivity contribution >= 4 is 11.8 Å². The highest BCUT2D eigenvalue weighted by atomic mass is 16.5. The van der Waals surface area contributed by atoms with Crippen molar-refractivity contribution in [2.24, 2.45) is 51.8 Å². The average molecular weight is 915 g/mol. The van der Waals surface area contributed by atoms with Gasteiger partial charge in [-0.2, -0.15) is 0 Å². The van der Waals surface area contributed by atoms with E-state index < -0.39 is 12.2 Å². The molecule has 0 amide bonds. The smallest absolute Gasteiger partial charge is 0.306 e. The number of unbranched alkanes of at least 4 members (excludes halogenated alkanes) is 1. The zero-order chi connectivity index (χ0) is 47.0. The number of aliphatic hydroxyl groups excluding tert-OH is 2. The van der Waals surface area contributed by atoms with Gasteiger partial charge in [0.1, 0.15) is 29.1 Å². The fourth-order valence-corrected chi connectivity index (χ4v) is 17.1. The van der Waals surface area contributed by atoms with E-state index in [9.17, 15) is 35.1 Å². The summed E-state index contributed by atoms with van der Waals surface area (Å²) in [6, 6.07) is 17.7. The van der Waals surface area contributed by atoms with Crippen LogP contribution in [0, 0.1) is 51.8 Å². The molecule has 0 spiro atoms. The fourth-order valence-electron chi connectivity index (χ4n) is 17.1. The Bertz CT molecular complexity index is 2340. The Morgan fingerprint density at radius 3 is 1.63 bits per heavy atom. The Hall–Kier alpha value is -3.88. The van der Waals surface area contributed by atoms with Gasteiger partial charge in [0.05, 0.1) is 12.2 Å². The zero-order valence-electron chi connectivity index (χ0n) is 40.7. The van der Waals surface area contributed by atoms with Gasteiger partial charge in [0.15, 0.2) is 0 Å². The first-order valence-electron chi connectivity index (χ1n) is 26.7. The van der Waals surface area contributed by atoms with Gasteiger partial charge >= 0.3 is 5.97 Å². The molecule has 0 saturated heterocycles. The number of carbonyl (C=O) groups is 2. The summed E-state index contributed by atoms with van der Waals surface area (Å²) in [6.45, 7) is 8.88. The summed E-state index contributed by atoms with van der Waals surface area (Å²) in [6.07, 6.45) is 19.6. The number of carbonyl (C=O) groups excluding carboxylic acids is 2. The first-order valence-corrected chi connectivity index (χ1v) is 26.7. The van der Waals surface area contributed by atoms with E-state index in [2.05, 4.69) is 45.9 Å². The van der Waals surface area contributed by atoms with E-state index in [-0.39, 0.29) is 28.3 Å². The van der Waals surface area contributed by atoms with Crippen molar-refractivity contribution in [3.8, 4) is 17.2 Å². The van der Waals surface area contributed by atoms with Gasteiger partial charge in [0, 0.05) is 23.7 Å². The lowest BCUT2D eigenvalue weighted by Crippen LogP contribution is -2.45. The van der Waals surface area contributed by atoms with Gasteiger partial charge in [-0.25, -0.2) is 0 Å². The number of fused-ring (bicyclic) bond motifs is 15. The van der Waals surface area contributed by atoms with Crippen LogP contribution in [0.4, 0.5) is 0 Å². The van der Waals surface area contributed by atoms with E-state index in [1.165, 1.54) is 59.1 Å². The molecule has 0 heterocycles. The molecule has 9 aliphatic rings. The highest BCUT2D eigenvalue weighted by Crippen LogP contribution is 2.64. The molecular weight excluding hydrogens is 837 g/mol. The quantitative estimate of drug-likeness (QED) is 0.163. The van der Waals surface area contributed by atoms with Crippen LogP contribution in [0.15, 0.2) is 54.6 Å². The lowest BCUT2D eigenvalue weighted by Gasteiger charge is -2.50. The van der Waals surface area contributed by atoms with E-state index >= 15 is 0 Å². The first-order chi connectivity index (χ1) is 32.1. The molecule has 6 fully saturated rings. The third-order valence-electron chi connectivity index (χ3n) is 20.7. The number of ether oxygens (including phenoxy) is 1. The second-order valence-corrected chi connectivity index (χ2v) is 23.8. The maximum Gasteiger partial charge on any atom is 0.306 e. The molecule has 9 aliphatic carbocycles. The fraction of sp³-hybridized carbons (Fsp3) is 0.661. The minimum atomic E-state index is -0.565. The van der Waals surface area contributed by atoms with Crippen LogP contribution in [0.25, 0.3) is 0 Å². The van der Waals surface area contributed by atoms with Crippen LogP contribution in [-0.2, 0) is 33.6 Å². The van der Waals surface area contributed by atoms with Gasteiger partial charge in [0.25, 0.3) is 0 Å². The van der Waals surface area contributed by atoms with Crippen molar-refractivity contribution in [1.82, 2.24) is 0 Å². The second-order valence-electron chi connectivity index (χ2n) is 23.8. The predicted octanol–water partition coefficient (Wildman–Crippen LogP) is 11.7. The normalized spacial score (nSPS) is 39.4. The molecule has 3 aromatic rings. The van der Waals surface area contributed by atoms with Gasteiger partial charge in [-0.1, -0.05) is 52.3 Å². The number of Topliss-reactive ketones (excluding diaryl/α,β-unsaturated/α-hetero) is 1. The summed E-state index contributed by atoms with van der Waals surface area (Å²) in [5.74, 6) is 7.03. The summed E-state index contributed by atoms with van der Waals surface area (Å²) in [4.78, 5) is 24.5. The summed E-state index contributed by atoms with van der Waals surface area (Å²) in [7, 11) is 0. The van der Waals surface area contributed by atoms with E-state index in [4.69, 9.17) is 4.74 Å². The topological polar surface area (TPSA) is 145 Å². The molecule has 0 bridgehead atoms. The number of rotatable bonds is 4. The molecule has 67 heavy (non-hydrogen) atoms. The monoisotopic (exact) mass is 915 g/mol. The van der Waals surface area contributed by atoms with Gasteiger partial charge < -0.3 is 30.3 Å². The predicted molar refractivity (Wildman–Crippen MR) is 260 cm³/mol. The van der Waals surface area contributed by atoms with Gasteiger partial charge in [0.2, 0.25) is 0 Å². The number of phenolic OH excluding ortho intramolecular Hbond substituents is 3. The standard InChI is InChI=1S/C23H32O3.C18H24O3.C18H22O2/c1-3-4-5-22(25)26-21-11-10-20-19-8-6-15-14-16(24)7-9-17(15)18(19)12-13-23(20,21)2;1-18-7-6-13-12-5-3-11(19)8-10(12)2-4-14(13)15(18)9-16(20)17(18)21;1-18-9-8-14-13-5-3-12(19)10-11(13)2-4-15(14)16(18)6-7-17(18)20/h7,9,14,18-21,24H,3-6,8,10-13H2,1-2H3;3,5,8,13-17,19-21H,2,4,6-7,9H2,1H3;3,5,10,14-16,19H,2,4,6-9H2,1H3/t18-,19-,20+,21+,23+;13-,14-,15+,16-,17+,18+;14-,15-,16+,18+/m111/s1. The minimum absolute atomic E-state index is 0.00492. The highest BCUT2D eigenvalue weighted by molar-refractivity contribution is 5.87. The molecule has 362 valence electrons. The lowest BCUT2D eigenvalue weighted by molar-refractivity contribution is -0.157. The number of ketones is 1. The molecular formula is C59H78O8. The number of aliphatic hydroxyl groups is 2. The maximum atomic E-state index is 12.3. The van der Waals surface area contributed by atoms with Crippen LogP contribution in [0.2, 0.25) is 0 Å². The first kappa shape index (κ1) is 46.8. The van der Waals surface area contributed by atoms with Crippen LogP contribution in [0.5, 0.6) is 17.2 Å². The molecule has 5 N–H and O–H groups in total. The molecule has 8 heteroatoms. The average Bonchev–Trinajstić information content (AvgIpc) is 3.90. The number of aryl methyl sites for hydroxylation is 3. The van der Waals surface area contributed by atoms with Crippen LogP contribution in [0.3, 0.4) is 0 Å². The third kappa shape index (κ3) is 8.14. The minimum Gasteiger partial charge on any atom is -0.508 e. The molecule has 15 atom stereocenters. The zero-order valence-corrected chi connectivity index (χ0v) is 40.7. The summed E-state index contributed by atoms with van der Waals surface area (Å²) >= 11 is 0. The lowest BCUT2D eigenvalue weighted by atomic mass is 9.55. The second kappa shape index (κ2) is 18.1. The van der Waals surface area contributed by atoms with Gasteiger partial charge in [-0.3, -0.25) is 9.59 Å². The van der Waals surface area contributed by atoms with E-state index in [1.54, 1.807) is 6.07 Å². The molecule has 0 unspecified atom stereocenters. The maximum absolute atomic E-state index is 12.3. The largest absolute Gasteiger partial charge is 0.508 e. The van der Waals surface area contributed by atoms with Crippen LogP contribution in [-0.4, -0.2) is 55.6 Å². The molecule has 12 rings (SSSR count). The molecule has 0 aromatic heterocycles. The molecule has 0 radical (unpaired) electrons. The molecule has 3 aromatic carbocycles. The van der Waals surface area contributed by atoms with Gasteiger partial charge in [-0.05, 0) is 238 Å². The summed E-state index contributed by atoms with van der Waals surface area (Å²) in [5, 5.41) is 49.7. The van der Waals surface area contributed by atoms with Crippen molar-refractivity contribution in [3.05, 3.63) is 88.0 Å². The van der Waals surface area contributed by atoms with Crippen molar-refractivity contribution in [2.75, 3.05) is 0 Å². The van der Waals surface area contributed by atoms with E-state index in [0.717, 1.165) is 96.3 Å². The number of hydrogen-bond donors (Lipinski definition) is 5. The number of benzene rings is 3. The van der Waals surface area contributed by atoms with Crippen molar-refractivity contribution in [2.45, 2.75) is 192 Å². The van der Waals surface area contributed by atoms with Crippen molar-refractivity contribution < 1.29 is 39.9 Å². The Morgan fingerprint density at radius 1 is 0.597 bits per heavy atom. The van der Waals surface area contributed by atoms with Crippen LogP contribution in [0.1, 0.15) is 188 Å². The SMILES string of the molecule is CCCCC(=O)O[C@H]1CC[C@H]2[C@@H]3CCc4cc(O)ccc4[C@H]3CC[C@]12C.C[C@]12CC[C@@H]3c4ccc(O)cc4CC[C@H]3[C@@H]1CCC2=O.C[C@]12CC[C@@H]3c4ccc(O)cc4CC[C@H]3[C@@H]1C[C@@H](O)[C@@H]2O. The molecule has 8 nitrogen and oxygen atoms in total. The Kier molecular flexibility index (Phi) is 12.7. The third-order valence-corrected chi connectivity index (χ3v) is 20.7. The van der Waals surface area contributed by atoms with Crippen LogP contribution >= 0.6 is 0 Å². The van der Waals surface area contributed by atoms with E-state index in [1.807, 2.05) is 30.3 Å². The van der Waals surface area contributed by atoms with Crippen molar-refractivity contribution in [1.29, 1.82) is 0 Å². The Labute approximate surface area is 399 Å². The number of aromatic hydroxyl groups is 3. The number of esters is 1. The Balaban J connectivity index is 0.000000119.